The average molecular weight is 393 g/mol. The van der Waals surface area contributed by atoms with Crippen molar-refractivity contribution < 1.29 is 9.53 Å². The van der Waals surface area contributed by atoms with Gasteiger partial charge in [-0.05, 0) is 45.5 Å². The molecule has 0 saturated carbocycles. The van der Waals surface area contributed by atoms with Crippen molar-refractivity contribution in [3.05, 3.63) is 23.9 Å². The fourth-order valence-corrected chi connectivity index (χ4v) is 2.79. The van der Waals surface area contributed by atoms with Crippen molar-refractivity contribution in [2.24, 2.45) is 0 Å². The zero-order valence-electron chi connectivity index (χ0n) is 15.2. The quantitative estimate of drug-likeness (QED) is 0.695. The van der Waals surface area contributed by atoms with Crippen LogP contribution in [0.2, 0.25) is 0 Å². The Bertz CT molecular complexity index is 492. The van der Waals surface area contributed by atoms with E-state index in [-0.39, 0.29) is 42.9 Å². The largest absolute Gasteiger partial charge is 0.372 e. The molecular weight excluding hydrogens is 363 g/mol. The van der Waals surface area contributed by atoms with Crippen LogP contribution in [0.5, 0.6) is 0 Å². The van der Waals surface area contributed by atoms with Gasteiger partial charge in [-0.15, -0.1) is 24.8 Å². The third kappa shape index (κ3) is 8.23. The molecule has 1 aliphatic rings. The number of morpholine rings is 1. The highest BCUT2D eigenvalue weighted by Gasteiger charge is 2.22. The van der Waals surface area contributed by atoms with Crippen LogP contribution in [0, 0.1) is 0 Å². The summed E-state index contributed by atoms with van der Waals surface area (Å²) in [6, 6.07) is 4.05. The molecule has 1 aliphatic heterocycles. The average Bonchev–Trinajstić information content (AvgIpc) is 2.53. The molecule has 0 aliphatic carbocycles. The van der Waals surface area contributed by atoms with Crippen LogP contribution < -0.4 is 15.5 Å². The van der Waals surface area contributed by atoms with E-state index in [1.807, 2.05) is 25.4 Å². The van der Waals surface area contributed by atoms with Crippen molar-refractivity contribution in [3.63, 3.8) is 0 Å². The molecule has 2 rings (SSSR count). The van der Waals surface area contributed by atoms with Crippen molar-refractivity contribution in [3.8, 4) is 0 Å². The van der Waals surface area contributed by atoms with Crippen LogP contribution in [0.3, 0.4) is 0 Å². The summed E-state index contributed by atoms with van der Waals surface area (Å²) in [5.74, 6) is 1.05. The Balaban J connectivity index is 0.00000288. The van der Waals surface area contributed by atoms with Gasteiger partial charge in [0.05, 0.1) is 12.2 Å². The zero-order chi connectivity index (χ0) is 16.7. The molecule has 0 bridgehead atoms. The Hall–Kier alpha value is -1.08. The van der Waals surface area contributed by atoms with Crippen LogP contribution in [0.4, 0.5) is 5.82 Å². The summed E-state index contributed by atoms with van der Waals surface area (Å²) in [5.41, 5.74) is 1.02. The van der Waals surface area contributed by atoms with Crippen LogP contribution >= 0.6 is 24.8 Å². The number of ether oxygens (including phenoxy) is 1. The van der Waals surface area contributed by atoms with Gasteiger partial charge in [0.2, 0.25) is 5.91 Å². The number of halogens is 2. The van der Waals surface area contributed by atoms with E-state index in [0.717, 1.165) is 37.4 Å². The molecular formula is C17H30Cl2N4O2. The van der Waals surface area contributed by atoms with Crippen molar-refractivity contribution in [2.45, 2.75) is 45.4 Å². The normalized spacial score (nSPS) is 19.6. The molecule has 0 aromatic carbocycles. The van der Waals surface area contributed by atoms with Crippen LogP contribution in [0.25, 0.3) is 0 Å². The van der Waals surface area contributed by atoms with Gasteiger partial charge in [-0.2, -0.15) is 0 Å². The minimum atomic E-state index is 0. The molecule has 2 heterocycles. The summed E-state index contributed by atoms with van der Waals surface area (Å²) in [7, 11) is 1.89. The fourth-order valence-electron chi connectivity index (χ4n) is 2.79. The van der Waals surface area contributed by atoms with E-state index in [1.54, 1.807) is 0 Å². The van der Waals surface area contributed by atoms with E-state index in [4.69, 9.17) is 4.74 Å². The summed E-state index contributed by atoms with van der Waals surface area (Å²) in [6.45, 7) is 7.28. The van der Waals surface area contributed by atoms with Gasteiger partial charge in [-0.3, -0.25) is 4.79 Å². The molecule has 2 unspecified atom stereocenters. The number of carbonyl (C=O) groups excluding carboxylic acids is 1. The molecule has 0 radical (unpaired) electrons. The van der Waals surface area contributed by atoms with E-state index in [9.17, 15) is 4.79 Å². The second-order valence-corrected chi connectivity index (χ2v) is 6.17. The minimum Gasteiger partial charge on any atom is -0.372 e. The highest BCUT2D eigenvalue weighted by atomic mass is 35.5. The first kappa shape index (κ1) is 23.9. The number of hydrogen-bond donors (Lipinski definition) is 2. The maximum Gasteiger partial charge on any atom is 0.220 e. The monoisotopic (exact) mass is 392 g/mol. The molecule has 0 spiro atoms. The Morgan fingerprint density at radius 1 is 1.28 bits per heavy atom. The lowest BCUT2D eigenvalue weighted by Gasteiger charge is -2.36. The summed E-state index contributed by atoms with van der Waals surface area (Å²) in [4.78, 5) is 18.5. The molecule has 6 nitrogen and oxygen atoms in total. The van der Waals surface area contributed by atoms with Crippen LogP contribution in [-0.4, -0.2) is 49.8 Å². The van der Waals surface area contributed by atoms with Crippen molar-refractivity contribution in [1.29, 1.82) is 0 Å². The molecule has 2 N–H and O–H groups in total. The SMILES string of the molecule is CNCCCC(=O)NCc1ccc(N2CC(C)OC(C)C2)nc1.Cl.Cl. The van der Waals surface area contributed by atoms with Crippen LogP contribution in [0.15, 0.2) is 18.3 Å². The molecule has 8 heteroatoms. The Labute approximate surface area is 162 Å². The number of aromatic nitrogens is 1. The van der Waals surface area contributed by atoms with Gasteiger partial charge in [-0.1, -0.05) is 6.07 Å². The minimum absolute atomic E-state index is 0. The van der Waals surface area contributed by atoms with Crippen LogP contribution in [0.1, 0.15) is 32.3 Å². The van der Waals surface area contributed by atoms with E-state index in [0.29, 0.717) is 13.0 Å². The van der Waals surface area contributed by atoms with Crippen molar-refractivity contribution in [1.82, 2.24) is 15.6 Å². The summed E-state index contributed by atoms with van der Waals surface area (Å²) in [6.07, 6.45) is 3.69. The smallest absolute Gasteiger partial charge is 0.220 e. The number of carbonyl (C=O) groups is 1. The van der Waals surface area contributed by atoms with E-state index in [2.05, 4.69) is 34.4 Å². The highest BCUT2D eigenvalue weighted by Crippen LogP contribution is 2.18. The van der Waals surface area contributed by atoms with Gasteiger partial charge >= 0.3 is 0 Å². The van der Waals surface area contributed by atoms with Gasteiger partial charge < -0.3 is 20.3 Å². The first-order valence-corrected chi connectivity index (χ1v) is 8.35. The zero-order valence-corrected chi connectivity index (χ0v) is 16.8. The number of amides is 1. The predicted molar refractivity (Wildman–Crippen MR) is 106 cm³/mol. The van der Waals surface area contributed by atoms with Crippen LogP contribution in [-0.2, 0) is 16.1 Å². The van der Waals surface area contributed by atoms with Gasteiger partial charge in [0.15, 0.2) is 0 Å². The first-order chi connectivity index (χ1) is 11.1. The van der Waals surface area contributed by atoms with Crippen molar-refractivity contribution in [2.75, 3.05) is 31.6 Å². The molecule has 1 aromatic heterocycles. The Morgan fingerprint density at radius 3 is 2.52 bits per heavy atom. The highest BCUT2D eigenvalue weighted by molar-refractivity contribution is 5.85. The molecule has 25 heavy (non-hydrogen) atoms. The Kier molecular flexibility index (Phi) is 11.8. The lowest BCUT2D eigenvalue weighted by Crippen LogP contribution is -2.45. The summed E-state index contributed by atoms with van der Waals surface area (Å²) in [5, 5.41) is 5.97. The number of rotatable bonds is 7. The fraction of sp³-hybridized carbons (Fsp3) is 0.647. The standard InChI is InChI=1S/C17H28N4O2.2ClH/c1-13-11-21(12-14(2)23-13)16-7-6-15(9-19-16)10-20-17(22)5-4-8-18-3;;/h6-7,9,13-14,18H,4-5,8,10-12H2,1-3H3,(H,20,22);2*1H. The number of nitrogens with zero attached hydrogens (tertiary/aromatic N) is 2. The second-order valence-electron chi connectivity index (χ2n) is 6.17. The summed E-state index contributed by atoms with van der Waals surface area (Å²) >= 11 is 0. The number of anilines is 1. The van der Waals surface area contributed by atoms with E-state index < -0.39 is 0 Å². The lowest BCUT2D eigenvalue weighted by atomic mass is 10.2. The Morgan fingerprint density at radius 2 is 1.96 bits per heavy atom. The van der Waals surface area contributed by atoms with Gasteiger partial charge in [0, 0.05) is 32.3 Å². The van der Waals surface area contributed by atoms with E-state index >= 15 is 0 Å². The predicted octanol–water partition coefficient (Wildman–Crippen LogP) is 2.15. The topological polar surface area (TPSA) is 66.5 Å². The van der Waals surface area contributed by atoms with E-state index in [1.165, 1.54) is 0 Å². The van der Waals surface area contributed by atoms with Crippen molar-refractivity contribution >= 4 is 36.5 Å². The van der Waals surface area contributed by atoms with Gasteiger partial charge in [0.25, 0.3) is 0 Å². The third-order valence-electron chi connectivity index (χ3n) is 3.87. The van der Waals surface area contributed by atoms with Gasteiger partial charge in [-0.25, -0.2) is 4.98 Å². The molecule has 1 saturated heterocycles. The number of hydrogen-bond acceptors (Lipinski definition) is 5. The maximum absolute atomic E-state index is 11.7. The lowest BCUT2D eigenvalue weighted by molar-refractivity contribution is -0.121. The molecule has 1 fully saturated rings. The number of pyridine rings is 1. The molecule has 1 amide bonds. The molecule has 2 atom stereocenters. The molecule has 1 aromatic rings. The van der Waals surface area contributed by atoms with Gasteiger partial charge in [0.1, 0.15) is 5.82 Å². The third-order valence-corrected chi connectivity index (χ3v) is 3.87. The maximum atomic E-state index is 11.7. The first-order valence-electron chi connectivity index (χ1n) is 8.35. The summed E-state index contributed by atoms with van der Waals surface area (Å²) < 4.78 is 5.75. The number of nitrogens with one attached hydrogen (secondary N) is 2. The molecule has 144 valence electrons. The second kappa shape index (κ2) is 12.3.